The van der Waals surface area contributed by atoms with Gasteiger partial charge < -0.3 is 28.4 Å². The van der Waals surface area contributed by atoms with Gasteiger partial charge in [-0.05, 0) is 39.8 Å². The van der Waals surface area contributed by atoms with Gasteiger partial charge in [0.25, 0.3) is 0 Å². The third-order valence-corrected chi connectivity index (χ3v) is 4.71. The van der Waals surface area contributed by atoms with Crippen LogP contribution in [-0.2, 0) is 28.4 Å². The molecule has 0 aromatic heterocycles. The van der Waals surface area contributed by atoms with Gasteiger partial charge in [0.2, 0.25) is 5.79 Å². The lowest BCUT2D eigenvalue weighted by molar-refractivity contribution is -0.298. The molecule has 3 saturated heterocycles. The molecule has 3 heterocycles. The zero-order valence-electron chi connectivity index (χ0n) is 15.4. The highest BCUT2D eigenvalue weighted by atomic mass is 16.9. The fourth-order valence-electron chi connectivity index (χ4n) is 3.68. The number of benzene rings is 1. The highest BCUT2D eigenvalue weighted by molar-refractivity contribution is 5.89. The van der Waals surface area contributed by atoms with Crippen molar-refractivity contribution in [3.63, 3.8) is 0 Å². The topological polar surface area (TPSA) is 72.5 Å². The van der Waals surface area contributed by atoms with E-state index in [2.05, 4.69) is 0 Å². The first kappa shape index (κ1) is 17.9. The van der Waals surface area contributed by atoms with Crippen molar-refractivity contribution in [3.05, 3.63) is 35.9 Å². The molecule has 1 aromatic carbocycles. The third-order valence-electron chi connectivity index (χ3n) is 4.71. The van der Waals surface area contributed by atoms with Crippen LogP contribution in [-0.4, -0.2) is 54.9 Å². The molecule has 4 rings (SSSR count). The van der Waals surface area contributed by atoms with Crippen molar-refractivity contribution in [1.82, 2.24) is 0 Å². The van der Waals surface area contributed by atoms with Crippen LogP contribution in [0.5, 0.6) is 0 Å². The molecule has 0 saturated carbocycles. The monoisotopic (exact) mass is 364 g/mol. The SMILES string of the molecule is CC1(C)O[C@H]2[C@H](COC(=O)c3ccccc3)OC3(COC(C)(C)O3)[C@H]2O1. The minimum Gasteiger partial charge on any atom is -0.459 e. The zero-order chi connectivity index (χ0) is 18.6. The second kappa shape index (κ2) is 6.00. The molecule has 0 aliphatic carbocycles. The molecule has 142 valence electrons. The fourth-order valence-corrected chi connectivity index (χ4v) is 3.68. The molecule has 0 N–H and O–H groups in total. The second-order valence-corrected chi connectivity index (χ2v) is 7.74. The van der Waals surface area contributed by atoms with Crippen LogP contribution in [0.25, 0.3) is 0 Å². The molecular weight excluding hydrogens is 340 g/mol. The van der Waals surface area contributed by atoms with E-state index in [1.807, 2.05) is 33.8 Å². The van der Waals surface area contributed by atoms with E-state index in [1.54, 1.807) is 24.3 Å². The predicted molar refractivity (Wildman–Crippen MR) is 89.3 cm³/mol. The number of rotatable bonds is 3. The molecule has 1 spiro atoms. The van der Waals surface area contributed by atoms with Crippen molar-refractivity contribution in [2.24, 2.45) is 0 Å². The van der Waals surface area contributed by atoms with Crippen LogP contribution in [0.2, 0.25) is 0 Å². The molecule has 0 radical (unpaired) electrons. The van der Waals surface area contributed by atoms with E-state index in [1.165, 1.54) is 0 Å². The van der Waals surface area contributed by atoms with Gasteiger partial charge in [-0.15, -0.1) is 0 Å². The van der Waals surface area contributed by atoms with Crippen molar-refractivity contribution in [2.75, 3.05) is 13.2 Å². The fraction of sp³-hybridized carbons (Fsp3) is 0.632. The van der Waals surface area contributed by atoms with Gasteiger partial charge in [-0.2, -0.15) is 0 Å². The molecule has 0 amide bonds. The maximum atomic E-state index is 12.2. The van der Waals surface area contributed by atoms with E-state index in [4.69, 9.17) is 28.4 Å². The van der Waals surface area contributed by atoms with Crippen molar-refractivity contribution < 1.29 is 33.2 Å². The summed E-state index contributed by atoms with van der Waals surface area (Å²) in [6, 6.07) is 8.83. The Bertz CT molecular complexity index is 686. The average molecular weight is 364 g/mol. The number of esters is 1. The summed E-state index contributed by atoms with van der Waals surface area (Å²) in [6.07, 6.45) is -1.38. The molecule has 7 heteroatoms. The van der Waals surface area contributed by atoms with E-state index >= 15 is 0 Å². The number of fused-ring (bicyclic) bond motifs is 2. The minimum absolute atomic E-state index is 0.0415. The first-order valence-electron chi connectivity index (χ1n) is 8.80. The largest absolute Gasteiger partial charge is 0.459 e. The Hall–Kier alpha value is -1.51. The third kappa shape index (κ3) is 3.14. The van der Waals surface area contributed by atoms with E-state index in [0.29, 0.717) is 5.56 Å². The van der Waals surface area contributed by atoms with Crippen LogP contribution >= 0.6 is 0 Å². The normalized spacial score (nSPS) is 37.0. The summed E-state index contributed by atoms with van der Waals surface area (Å²) in [5.74, 6) is -3.03. The van der Waals surface area contributed by atoms with Crippen LogP contribution in [0, 0.1) is 0 Å². The predicted octanol–water partition coefficient (Wildman–Crippen LogP) is 2.24. The van der Waals surface area contributed by atoms with Gasteiger partial charge in [-0.25, -0.2) is 4.79 Å². The van der Waals surface area contributed by atoms with Crippen molar-refractivity contribution in [2.45, 2.75) is 63.4 Å². The molecule has 1 aromatic rings. The minimum atomic E-state index is -1.06. The summed E-state index contributed by atoms with van der Waals surface area (Å²) in [6.45, 7) is 7.59. The highest BCUT2D eigenvalue weighted by Gasteiger charge is 2.67. The first-order chi connectivity index (χ1) is 12.2. The molecule has 26 heavy (non-hydrogen) atoms. The van der Waals surface area contributed by atoms with Gasteiger partial charge >= 0.3 is 5.97 Å². The Kier molecular flexibility index (Phi) is 4.13. The first-order valence-corrected chi connectivity index (χ1v) is 8.80. The lowest BCUT2D eigenvalue weighted by Crippen LogP contribution is -2.46. The van der Waals surface area contributed by atoms with Crippen LogP contribution in [0.3, 0.4) is 0 Å². The molecule has 0 bridgehead atoms. The Labute approximate surface area is 152 Å². The second-order valence-electron chi connectivity index (χ2n) is 7.74. The molecule has 4 atom stereocenters. The summed E-state index contributed by atoms with van der Waals surface area (Å²) in [5.41, 5.74) is 0.488. The molecule has 3 fully saturated rings. The Balaban J connectivity index is 1.49. The summed E-state index contributed by atoms with van der Waals surface area (Å²) >= 11 is 0. The van der Waals surface area contributed by atoms with Crippen LogP contribution in [0.4, 0.5) is 0 Å². The number of hydrogen-bond acceptors (Lipinski definition) is 7. The standard InChI is InChI=1S/C19H24O7/c1-17(2)22-11-19(26-17)15-14(24-18(3,4)25-15)13(23-19)10-21-16(20)12-8-6-5-7-9-12/h5-9,13-15H,10-11H2,1-4H3/t13-,14-,15-,19?/m0/s1. The van der Waals surface area contributed by atoms with Gasteiger partial charge in [0.05, 0.1) is 5.56 Å². The van der Waals surface area contributed by atoms with E-state index in [9.17, 15) is 4.79 Å². The van der Waals surface area contributed by atoms with Crippen LogP contribution < -0.4 is 0 Å². The lowest BCUT2D eigenvalue weighted by atomic mass is 10.1. The van der Waals surface area contributed by atoms with Gasteiger partial charge in [-0.1, -0.05) is 18.2 Å². The number of carbonyl (C=O) groups is 1. The number of ether oxygens (including phenoxy) is 6. The zero-order valence-corrected chi connectivity index (χ0v) is 15.4. The molecular formula is C19H24O7. The van der Waals surface area contributed by atoms with Gasteiger partial charge in [0.15, 0.2) is 11.6 Å². The summed E-state index contributed by atoms with van der Waals surface area (Å²) in [7, 11) is 0. The molecule has 1 unspecified atom stereocenters. The number of hydrogen-bond donors (Lipinski definition) is 0. The van der Waals surface area contributed by atoms with Crippen LogP contribution in [0.15, 0.2) is 30.3 Å². The van der Waals surface area contributed by atoms with E-state index in [0.717, 1.165) is 0 Å². The quantitative estimate of drug-likeness (QED) is 0.762. The maximum Gasteiger partial charge on any atom is 0.338 e. The maximum absolute atomic E-state index is 12.2. The van der Waals surface area contributed by atoms with Gasteiger partial charge in [0, 0.05) is 0 Å². The van der Waals surface area contributed by atoms with Crippen molar-refractivity contribution >= 4 is 5.97 Å². The van der Waals surface area contributed by atoms with Crippen LogP contribution in [0.1, 0.15) is 38.1 Å². The summed E-state index contributed by atoms with van der Waals surface area (Å²) in [4.78, 5) is 12.2. The lowest BCUT2D eigenvalue weighted by Gasteiger charge is -2.30. The Morgan fingerprint density at radius 2 is 1.81 bits per heavy atom. The van der Waals surface area contributed by atoms with E-state index < -0.39 is 41.6 Å². The Morgan fingerprint density at radius 1 is 1.08 bits per heavy atom. The van der Waals surface area contributed by atoms with E-state index in [-0.39, 0.29) is 13.2 Å². The van der Waals surface area contributed by atoms with Crippen molar-refractivity contribution in [3.8, 4) is 0 Å². The molecule has 3 aliphatic heterocycles. The molecule has 3 aliphatic rings. The van der Waals surface area contributed by atoms with Gasteiger partial charge in [-0.3, -0.25) is 0 Å². The number of carbonyl (C=O) groups excluding carboxylic acids is 1. The average Bonchev–Trinajstić information content (AvgIpc) is 3.16. The highest BCUT2D eigenvalue weighted by Crippen LogP contribution is 2.49. The van der Waals surface area contributed by atoms with Gasteiger partial charge in [0.1, 0.15) is 31.5 Å². The smallest absolute Gasteiger partial charge is 0.338 e. The summed E-state index contributed by atoms with van der Waals surface area (Å²) < 4.78 is 35.3. The summed E-state index contributed by atoms with van der Waals surface area (Å²) in [5, 5.41) is 0. The van der Waals surface area contributed by atoms with Crippen molar-refractivity contribution in [1.29, 1.82) is 0 Å². The Morgan fingerprint density at radius 3 is 2.46 bits per heavy atom. The molecule has 7 nitrogen and oxygen atoms in total.